The fourth-order valence-electron chi connectivity index (χ4n) is 5.97. The topological polar surface area (TPSA) is 51.6 Å². The first-order valence-corrected chi connectivity index (χ1v) is 19.5. The van der Waals surface area contributed by atoms with Gasteiger partial charge in [0.25, 0.3) is 0 Å². The smallest absolute Gasteiger partial charge is 0.114 e. The van der Waals surface area contributed by atoms with Gasteiger partial charge in [0.1, 0.15) is 22.1 Å². The Kier molecular flexibility index (Phi) is 7.47. The molecule has 0 spiro atoms. The van der Waals surface area contributed by atoms with Crippen molar-refractivity contribution in [3.8, 4) is 40.4 Å². The van der Waals surface area contributed by atoms with Gasteiger partial charge in [-0.15, -0.1) is 45.3 Å². The Balaban J connectivity index is 1.34. The molecule has 0 unspecified atom stereocenters. The molecule has 2 aromatic carbocycles. The van der Waals surface area contributed by atoms with Gasteiger partial charge in [0.05, 0.1) is 23.5 Å². The third-order valence-corrected chi connectivity index (χ3v) is 13.3. The largest absolute Gasteiger partial charge is 0.172 e. The molecule has 0 aliphatic carbocycles. The lowest BCUT2D eigenvalue weighted by Gasteiger charge is -2.08. The number of thiophene rings is 4. The van der Waals surface area contributed by atoms with Crippen molar-refractivity contribution < 1.29 is 0 Å². The zero-order chi connectivity index (χ0) is 29.9. The minimum Gasteiger partial charge on any atom is -0.172 e. The van der Waals surface area contributed by atoms with E-state index in [1.807, 2.05) is 45.3 Å². The molecule has 10 heteroatoms. The summed E-state index contributed by atoms with van der Waals surface area (Å²) in [5.41, 5.74) is 8.93. The summed E-state index contributed by atoms with van der Waals surface area (Å²) in [5.74, 6) is 1.15. The van der Waals surface area contributed by atoms with E-state index in [-0.39, 0.29) is 0 Å². The van der Waals surface area contributed by atoms with Crippen LogP contribution < -0.4 is 0 Å². The first-order valence-electron chi connectivity index (χ1n) is 14.6. The van der Waals surface area contributed by atoms with Crippen LogP contribution in [0.25, 0.3) is 73.2 Å². The molecule has 0 saturated heterocycles. The molecule has 6 heterocycles. The van der Waals surface area contributed by atoms with Crippen molar-refractivity contribution in [3.05, 3.63) is 70.4 Å². The summed E-state index contributed by atoms with van der Waals surface area (Å²) >= 11 is 9.95. The van der Waals surface area contributed by atoms with Crippen LogP contribution in [-0.2, 0) is 12.8 Å². The summed E-state index contributed by atoms with van der Waals surface area (Å²) in [6.45, 7) is 9.17. The van der Waals surface area contributed by atoms with Crippen LogP contribution in [0, 0.1) is 11.8 Å². The molecule has 6 aromatic heterocycles. The quantitative estimate of drug-likeness (QED) is 0.160. The number of rotatable bonds is 8. The summed E-state index contributed by atoms with van der Waals surface area (Å²) in [6.07, 6.45) is 2.10. The minimum atomic E-state index is 0.575. The molecule has 4 nitrogen and oxygen atoms in total. The fraction of sp³-hybridized carbons (Fsp3) is 0.235. The van der Waals surface area contributed by atoms with E-state index in [9.17, 15) is 0 Å². The van der Waals surface area contributed by atoms with Gasteiger partial charge in [-0.05, 0) is 83.0 Å². The van der Waals surface area contributed by atoms with E-state index < -0.39 is 0 Å². The van der Waals surface area contributed by atoms with Crippen molar-refractivity contribution in [2.24, 2.45) is 11.8 Å². The first-order chi connectivity index (χ1) is 21.4. The van der Waals surface area contributed by atoms with Crippen LogP contribution in [0.5, 0.6) is 0 Å². The monoisotopic (exact) mass is 684 g/mol. The average molecular weight is 685 g/mol. The highest BCUT2D eigenvalue weighted by Gasteiger charge is 2.23. The molecule has 0 saturated carbocycles. The third kappa shape index (κ3) is 4.96. The zero-order valence-corrected chi connectivity index (χ0v) is 29.5. The fourth-order valence-corrected chi connectivity index (χ4v) is 11.3. The van der Waals surface area contributed by atoms with Crippen LogP contribution in [0.2, 0.25) is 0 Å². The molecule has 0 fully saturated rings. The molecule has 0 aliphatic heterocycles. The molecule has 0 aliphatic rings. The van der Waals surface area contributed by atoms with E-state index >= 15 is 0 Å². The summed E-state index contributed by atoms with van der Waals surface area (Å²) in [6, 6.07) is 18.1. The van der Waals surface area contributed by atoms with E-state index in [4.69, 9.17) is 17.5 Å². The van der Waals surface area contributed by atoms with Crippen LogP contribution >= 0.6 is 68.8 Å². The zero-order valence-electron chi connectivity index (χ0n) is 24.6. The van der Waals surface area contributed by atoms with Gasteiger partial charge < -0.3 is 0 Å². The lowest BCUT2D eigenvalue weighted by Crippen LogP contribution is -1.93. The number of aromatic nitrogens is 4. The Hall–Kier alpha value is -2.86. The molecular weight excluding hydrogens is 657 g/mol. The van der Waals surface area contributed by atoms with Crippen molar-refractivity contribution in [1.29, 1.82) is 0 Å². The number of benzene rings is 2. The van der Waals surface area contributed by atoms with Crippen molar-refractivity contribution in [1.82, 2.24) is 17.5 Å². The predicted octanol–water partition coefficient (Wildman–Crippen LogP) is 12.2. The van der Waals surface area contributed by atoms with Gasteiger partial charge in [0, 0.05) is 51.2 Å². The summed E-state index contributed by atoms with van der Waals surface area (Å²) in [7, 11) is 0. The summed E-state index contributed by atoms with van der Waals surface area (Å²) in [4.78, 5) is 7.87. The molecule has 0 amide bonds. The molecular formula is C34H28N4S6. The molecule has 44 heavy (non-hydrogen) atoms. The maximum Gasteiger partial charge on any atom is 0.114 e. The summed E-state index contributed by atoms with van der Waals surface area (Å²) in [5, 5.41) is 6.53. The Bertz CT molecular complexity index is 2080. The number of hydrogen-bond donors (Lipinski definition) is 0. The van der Waals surface area contributed by atoms with Gasteiger partial charge in [-0.3, -0.25) is 0 Å². The summed E-state index contributed by atoms with van der Waals surface area (Å²) < 4.78 is 19.5. The van der Waals surface area contributed by atoms with Crippen molar-refractivity contribution >= 4 is 102 Å². The normalized spacial score (nSPS) is 12.2. The second-order valence-corrected chi connectivity index (χ2v) is 17.0. The molecule has 0 radical (unpaired) electrons. The molecule has 220 valence electrons. The molecule has 0 bridgehead atoms. The van der Waals surface area contributed by atoms with E-state index in [2.05, 4.69) is 87.0 Å². The van der Waals surface area contributed by atoms with E-state index in [1.54, 1.807) is 0 Å². The van der Waals surface area contributed by atoms with Gasteiger partial charge in [-0.1, -0.05) is 39.8 Å². The van der Waals surface area contributed by atoms with E-state index in [0.29, 0.717) is 11.8 Å². The van der Waals surface area contributed by atoms with Crippen molar-refractivity contribution in [3.63, 3.8) is 0 Å². The Morgan fingerprint density at radius 1 is 0.545 bits per heavy atom. The van der Waals surface area contributed by atoms with E-state index in [0.717, 1.165) is 56.8 Å². The van der Waals surface area contributed by atoms with Crippen LogP contribution in [0.3, 0.4) is 0 Å². The number of hydrogen-bond acceptors (Lipinski definition) is 10. The van der Waals surface area contributed by atoms with Crippen LogP contribution in [0.15, 0.2) is 59.3 Å². The van der Waals surface area contributed by atoms with Gasteiger partial charge in [-0.25, -0.2) is 0 Å². The highest BCUT2D eigenvalue weighted by atomic mass is 32.1. The van der Waals surface area contributed by atoms with E-state index in [1.165, 1.54) is 63.8 Å². The van der Waals surface area contributed by atoms with Gasteiger partial charge in [-0.2, -0.15) is 17.5 Å². The second-order valence-electron chi connectivity index (χ2n) is 11.9. The lowest BCUT2D eigenvalue weighted by atomic mass is 9.97. The Morgan fingerprint density at radius 2 is 0.977 bits per heavy atom. The highest BCUT2D eigenvalue weighted by Crippen LogP contribution is 2.48. The SMILES string of the molecule is CC(C)Cc1cc(-c2cc3c(cc(-c4cc(CC(C)C)c(-c5cccs5)s4)c4nsnc43)c3nsnc23)sc1-c1cccs1. The van der Waals surface area contributed by atoms with Crippen LogP contribution in [0.4, 0.5) is 0 Å². The van der Waals surface area contributed by atoms with Gasteiger partial charge >= 0.3 is 0 Å². The number of fused-ring (bicyclic) bond motifs is 5. The Morgan fingerprint density at radius 3 is 1.36 bits per heavy atom. The minimum absolute atomic E-state index is 0.575. The lowest BCUT2D eigenvalue weighted by molar-refractivity contribution is 0.649. The standard InChI is InChI=1S/C34H28N4S6/c1-17(2)11-19-13-27(41-33(19)25-7-5-9-39-25)23-15-21-22(29-31(23)37-43-35-29)16-24(32-30(21)36-44-38-32)28-14-20(12-18(3)4)34(42-28)26-8-6-10-40-26/h5-10,13-18H,11-12H2,1-4H3. The molecule has 8 rings (SSSR count). The highest BCUT2D eigenvalue weighted by molar-refractivity contribution is 7.24. The third-order valence-electron chi connectivity index (χ3n) is 7.76. The molecule has 0 atom stereocenters. The average Bonchev–Trinajstić information content (AvgIpc) is 3.83. The molecule has 0 N–H and O–H groups in total. The second kappa shape index (κ2) is 11.5. The maximum atomic E-state index is 4.89. The predicted molar refractivity (Wildman–Crippen MR) is 196 cm³/mol. The van der Waals surface area contributed by atoms with Crippen LogP contribution in [0.1, 0.15) is 38.8 Å². The van der Waals surface area contributed by atoms with Crippen molar-refractivity contribution in [2.45, 2.75) is 40.5 Å². The van der Waals surface area contributed by atoms with Crippen molar-refractivity contribution in [2.75, 3.05) is 0 Å². The first kappa shape index (κ1) is 28.6. The van der Waals surface area contributed by atoms with Gasteiger partial charge in [0.15, 0.2) is 0 Å². The maximum absolute atomic E-state index is 4.89. The molecule has 8 aromatic rings. The van der Waals surface area contributed by atoms with Crippen LogP contribution in [-0.4, -0.2) is 17.5 Å². The van der Waals surface area contributed by atoms with Gasteiger partial charge in [0.2, 0.25) is 0 Å². The Labute approximate surface area is 280 Å². The number of nitrogens with zero attached hydrogens (tertiary/aromatic N) is 4.